The van der Waals surface area contributed by atoms with Gasteiger partial charge in [0.15, 0.2) is 6.10 Å². The summed E-state index contributed by atoms with van der Waals surface area (Å²) >= 11 is 0. The van der Waals surface area contributed by atoms with Crippen LogP contribution in [0.3, 0.4) is 0 Å². The van der Waals surface area contributed by atoms with E-state index in [9.17, 15) is 4.79 Å². The summed E-state index contributed by atoms with van der Waals surface area (Å²) < 4.78 is 9.34. The van der Waals surface area contributed by atoms with Crippen molar-refractivity contribution in [2.45, 2.75) is 19.4 Å². The first-order valence-electron chi connectivity index (χ1n) is 3.56. The number of rotatable bonds is 5. The van der Waals surface area contributed by atoms with Gasteiger partial charge in [-0.1, -0.05) is 6.92 Å². The van der Waals surface area contributed by atoms with Gasteiger partial charge in [0.2, 0.25) is 0 Å². The number of aliphatic hydroxyl groups is 1. The van der Waals surface area contributed by atoms with Crippen molar-refractivity contribution in [3.05, 3.63) is 0 Å². The number of ether oxygens (including phenoxy) is 2. The first kappa shape index (κ1) is 10.4. The Bertz CT molecular complexity index is 113. The van der Waals surface area contributed by atoms with Gasteiger partial charge in [-0.3, -0.25) is 0 Å². The number of carbonyl (C=O) groups is 1. The highest BCUT2D eigenvalue weighted by Gasteiger charge is 2.17. The van der Waals surface area contributed by atoms with Crippen LogP contribution in [0.1, 0.15) is 13.3 Å². The van der Waals surface area contributed by atoms with E-state index in [-0.39, 0.29) is 6.61 Å². The van der Waals surface area contributed by atoms with Crippen molar-refractivity contribution >= 4 is 5.97 Å². The molecule has 0 aliphatic heterocycles. The van der Waals surface area contributed by atoms with E-state index in [0.29, 0.717) is 6.61 Å². The van der Waals surface area contributed by atoms with Crippen LogP contribution in [-0.4, -0.2) is 37.5 Å². The molecule has 0 aliphatic rings. The zero-order valence-electron chi connectivity index (χ0n) is 6.87. The quantitative estimate of drug-likeness (QED) is 0.576. The second-order valence-electron chi connectivity index (χ2n) is 2.07. The highest BCUT2D eigenvalue weighted by Crippen LogP contribution is 1.94. The second kappa shape index (κ2) is 6.12. The largest absolute Gasteiger partial charge is 0.467 e. The first-order valence-corrected chi connectivity index (χ1v) is 3.56. The van der Waals surface area contributed by atoms with E-state index in [1.165, 1.54) is 7.11 Å². The Morgan fingerprint density at radius 1 is 1.64 bits per heavy atom. The molecule has 0 saturated heterocycles. The summed E-state index contributed by atoms with van der Waals surface area (Å²) in [5.41, 5.74) is 0. The van der Waals surface area contributed by atoms with Gasteiger partial charge in [-0.2, -0.15) is 0 Å². The molecule has 1 N–H and O–H groups in total. The van der Waals surface area contributed by atoms with Crippen LogP contribution < -0.4 is 0 Å². The van der Waals surface area contributed by atoms with Gasteiger partial charge >= 0.3 is 5.97 Å². The molecule has 0 aromatic carbocycles. The predicted octanol–water partition coefficient (Wildman–Crippen LogP) is -0.0531. The molecule has 0 saturated carbocycles. The Morgan fingerprint density at radius 2 is 2.27 bits per heavy atom. The smallest absolute Gasteiger partial charge is 0.337 e. The van der Waals surface area contributed by atoms with Crippen molar-refractivity contribution in [2.75, 3.05) is 20.3 Å². The lowest BCUT2D eigenvalue weighted by Crippen LogP contribution is -2.29. The lowest BCUT2D eigenvalue weighted by Gasteiger charge is -2.11. The molecule has 0 rings (SSSR count). The molecule has 0 aromatic rings. The number of hydrogen-bond acceptors (Lipinski definition) is 4. The molecule has 0 fully saturated rings. The number of carbonyl (C=O) groups excluding carboxylic acids is 1. The van der Waals surface area contributed by atoms with E-state index >= 15 is 0 Å². The zero-order valence-corrected chi connectivity index (χ0v) is 6.87. The molecule has 11 heavy (non-hydrogen) atoms. The van der Waals surface area contributed by atoms with Crippen LogP contribution in [0.2, 0.25) is 0 Å². The molecule has 0 heterocycles. The molecule has 0 radical (unpaired) electrons. The maximum absolute atomic E-state index is 10.7. The van der Waals surface area contributed by atoms with E-state index < -0.39 is 12.1 Å². The Hall–Kier alpha value is -0.610. The topological polar surface area (TPSA) is 55.8 Å². The van der Waals surface area contributed by atoms with Crippen LogP contribution in [0.15, 0.2) is 0 Å². The van der Waals surface area contributed by atoms with E-state index in [1.54, 1.807) is 0 Å². The third-order valence-corrected chi connectivity index (χ3v) is 1.15. The highest BCUT2D eigenvalue weighted by molar-refractivity contribution is 5.74. The van der Waals surface area contributed by atoms with Gasteiger partial charge in [-0.05, 0) is 6.42 Å². The van der Waals surface area contributed by atoms with Crippen LogP contribution in [0.4, 0.5) is 0 Å². The highest BCUT2D eigenvalue weighted by atomic mass is 16.6. The third-order valence-electron chi connectivity index (χ3n) is 1.15. The summed E-state index contributed by atoms with van der Waals surface area (Å²) in [6, 6.07) is 0. The Kier molecular flexibility index (Phi) is 5.78. The SMILES string of the molecule is CCCO[C@@H](CO)C(=O)OC. The van der Waals surface area contributed by atoms with Crippen LogP contribution in [-0.2, 0) is 14.3 Å². The van der Waals surface area contributed by atoms with Gasteiger partial charge in [-0.15, -0.1) is 0 Å². The molecule has 0 aliphatic carbocycles. The fourth-order valence-corrected chi connectivity index (χ4v) is 0.587. The minimum absolute atomic E-state index is 0.327. The monoisotopic (exact) mass is 162 g/mol. The van der Waals surface area contributed by atoms with E-state index in [0.717, 1.165) is 6.42 Å². The van der Waals surface area contributed by atoms with E-state index in [4.69, 9.17) is 9.84 Å². The van der Waals surface area contributed by atoms with Crippen molar-refractivity contribution < 1.29 is 19.4 Å². The lowest BCUT2D eigenvalue weighted by atomic mass is 10.4. The summed E-state index contributed by atoms with van der Waals surface area (Å²) in [7, 11) is 1.26. The number of hydrogen-bond donors (Lipinski definition) is 1. The van der Waals surface area contributed by atoms with E-state index in [2.05, 4.69) is 4.74 Å². The maximum Gasteiger partial charge on any atom is 0.337 e. The molecule has 0 bridgehead atoms. The van der Waals surface area contributed by atoms with Crippen LogP contribution in [0.5, 0.6) is 0 Å². The van der Waals surface area contributed by atoms with Crippen molar-refractivity contribution in [3.63, 3.8) is 0 Å². The first-order chi connectivity index (χ1) is 5.26. The molecule has 4 heteroatoms. The van der Waals surface area contributed by atoms with Crippen molar-refractivity contribution in [1.82, 2.24) is 0 Å². The normalized spacial score (nSPS) is 12.6. The lowest BCUT2D eigenvalue weighted by molar-refractivity contribution is -0.156. The number of methoxy groups -OCH3 is 1. The molecule has 4 nitrogen and oxygen atoms in total. The van der Waals surface area contributed by atoms with E-state index in [1.807, 2.05) is 6.92 Å². The molecule has 66 valence electrons. The van der Waals surface area contributed by atoms with Gasteiger partial charge in [0.25, 0.3) is 0 Å². The summed E-state index contributed by atoms with van der Waals surface area (Å²) in [4.78, 5) is 10.7. The van der Waals surface area contributed by atoms with Gasteiger partial charge in [0.1, 0.15) is 0 Å². The molecule has 0 amide bonds. The predicted molar refractivity (Wildman–Crippen MR) is 39.1 cm³/mol. The minimum Gasteiger partial charge on any atom is -0.467 e. The van der Waals surface area contributed by atoms with Crippen LogP contribution >= 0.6 is 0 Å². The third kappa shape index (κ3) is 3.95. The summed E-state index contributed by atoms with van der Waals surface area (Å²) in [5, 5.41) is 8.63. The molecule has 0 spiro atoms. The number of esters is 1. The molecule has 0 unspecified atom stereocenters. The Morgan fingerprint density at radius 3 is 2.64 bits per heavy atom. The fraction of sp³-hybridized carbons (Fsp3) is 0.857. The summed E-state index contributed by atoms with van der Waals surface area (Å²) in [6.07, 6.45) is -0.00650. The number of aliphatic hydroxyl groups excluding tert-OH is 1. The van der Waals surface area contributed by atoms with Crippen LogP contribution in [0, 0.1) is 0 Å². The molecular weight excluding hydrogens is 148 g/mol. The van der Waals surface area contributed by atoms with Crippen molar-refractivity contribution in [2.24, 2.45) is 0 Å². The van der Waals surface area contributed by atoms with Crippen molar-refractivity contribution in [1.29, 1.82) is 0 Å². The van der Waals surface area contributed by atoms with Crippen LogP contribution in [0.25, 0.3) is 0 Å². The molecule has 1 atom stereocenters. The second-order valence-corrected chi connectivity index (χ2v) is 2.07. The maximum atomic E-state index is 10.7. The fourth-order valence-electron chi connectivity index (χ4n) is 0.587. The summed E-state index contributed by atoms with van der Waals surface area (Å²) in [5.74, 6) is -0.527. The van der Waals surface area contributed by atoms with Gasteiger partial charge < -0.3 is 14.6 Å². The van der Waals surface area contributed by atoms with Gasteiger partial charge in [-0.25, -0.2) is 4.79 Å². The average Bonchev–Trinajstić information content (AvgIpc) is 2.05. The summed E-state index contributed by atoms with van der Waals surface area (Å²) in [6.45, 7) is 2.05. The van der Waals surface area contributed by atoms with Crippen molar-refractivity contribution in [3.8, 4) is 0 Å². The zero-order chi connectivity index (χ0) is 8.69. The molecule has 0 aromatic heterocycles. The van der Waals surface area contributed by atoms with Gasteiger partial charge in [0, 0.05) is 6.61 Å². The molecular formula is C7H14O4. The Labute approximate surface area is 66.1 Å². The van der Waals surface area contributed by atoms with Gasteiger partial charge in [0.05, 0.1) is 13.7 Å². The standard InChI is InChI=1S/C7H14O4/c1-3-4-11-6(5-8)7(9)10-2/h6,8H,3-5H2,1-2H3/t6-/m0/s1. The minimum atomic E-state index is -0.819. The average molecular weight is 162 g/mol. The Balaban J connectivity index is 3.65.